The molecule has 0 spiro atoms. The number of piperidine rings is 1. The fourth-order valence-electron chi connectivity index (χ4n) is 4.03. The molecule has 1 saturated heterocycles. The molecule has 2 nitrogen and oxygen atoms in total. The summed E-state index contributed by atoms with van der Waals surface area (Å²) >= 11 is 5.27. The molecular weight excluding hydrogens is 334 g/mol. The summed E-state index contributed by atoms with van der Waals surface area (Å²) in [7, 11) is 0. The van der Waals surface area contributed by atoms with Gasteiger partial charge in [-0.15, -0.1) is 11.3 Å². The number of rotatable bonds is 4. The Morgan fingerprint density at radius 3 is 2.50 bits per heavy atom. The van der Waals surface area contributed by atoms with Crippen LogP contribution in [0, 0.1) is 0 Å². The van der Waals surface area contributed by atoms with Gasteiger partial charge in [-0.2, -0.15) is 0 Å². The van der Waals surface area contributed by atoms with Crippen LogP contribution in [0.3, 0.4) is 0 Å². The van der Waals surface area contributed by atoms with Gasteiger partial charge in [0.1, 0.15) is 0 Å². The number of aliphatic hydroxyl groups is 1. The van der Waals surface area contributed by atoms with Gasteiger partial charge < -0.3 is 5.11 Å². The molecule has 1 N–H and O–H groups in total. The van der Waals surface area contributed by atoms with E-state index in [1.54, 1.807) is 11.3 Å². The number of hydrogen-bond acceptors (Lipinski definition) is 3. The van der Waals surface area contributed by atoms with Gasteiger partial charge in [0, 0.05) is 26.7 Å². The minimum absolute atomic E-state index is 0.0664. The Morgan fingerprint density at radius 2 is 1.90 bits per heavy atom. The minimum Gasteiger partial charge on any atom is -0.391 e. The third-order valence-electron chi connectivity index (χ3n) is 5.09. The Hall–Kier alpha value is 0.1000. The first-order chi connectivity index (χ1) is 9.71. The molecule has 3 rings (SSSR count). The van der Waals surface area contributed by atoms with E-state index in [9.17, 15) is 5.11 Å². The smallest absolute Gasteiger partial charge is 0.0771 e. The molecule has 2 heterocycles. The van der Waals surface area contributed by atoms with Crippen LogP contribution in [0.2, 0.25) is 0 Å². The predicted octanol–water partition coefficient (Wildman–Crippen LogP) is 4.21. The maximum absolute atomic E-state index is 11.0. The normalized spacial score (nSPS) is 24.9. The lowest BCUT2D eigenvalue weighted by Crippen LogP contribution is -2.57. The van der Waals surface area contributed by atoms with Crippen LogP contribution in [0.15, 0.2) is 15.9 Å². The predicted molar refractivity (Wildman–Crippen MR) is 88.4 cm³/mol. The molecule has 2 fully saturated rings. The Morgan fingerprint density at radius 1 is 1.20 bits per heavy atom. The Bertz CT molecular complexity index is 435. The van der Waals surface area contributed by atoms with Gasteiger partial charge in [0.25, 0.3) is 0 Å². The van der Waals surface area contributed by atoms with Crippen molar-refractivity contribution in [1.82, 2.24) is 4.90 Å². The molecule has 1 aliphatic carbocycles. The van der Waals surface area contributed by atoms with E-state index >= 15 is 0 Å². The van der Waals surface area contributed by atoms with Crippen molar-refractivity contribution in [3.8, 4) is 0 Å². The molecule has 1 aromatic rings. The van der Waals surface area contributed by atoms with Crippen LogP contribution >= 0.6 is 27.3 Å². The molecule has 2 aliphatic rings. The third kappa shape index (κ3) is 2.99. The number of nitrogens with zero attached hydrogens (tertiary/aromatic N) is 1. The molecule has 1 aromatic heterocycles. The molecule has 0 bridgehead atoms. The first-order valence-electron chi connectivity index (χ1n) is 7.87. The lowest BCUT2D eigenvalue weighted by Gasteiger charge is -2.46. The highest BCUT2D eigenvalue weighted by Crippen LogP contribution is 2.41. The fourth-order valence-corrected chi connectivity index (χ4v) is 5.52. The van der Waals surface area contributed by atoms with Crippen LogP contribution in [-0.4, -0.2) is 34.7 Å². The van der Waals surface area contributed by atoms with Crippen molar-refractivity contribution < 1.29 is 5.11 Å². The van der Waals surface area contributed by atoms with Gasteiger partial charge in [-0.3, -0.25) is 4.90 Å². The largest absolute Gasteiger partial charge is 0.391 e. The third-order valence-corrected chi connectivity index (χ3v) is 6.81. The Kier molecular flexibility index (Phi) is 4.86. The molecule has 0 aromatic carbocycles. The van der Waals surface area contributed by atoms with Gasteiger partial charge in [0.2, 0.25) is 0 Å². The number of hydrogen-bond donors (Lipinski definition) is 1. The second-order valence-corrected chi connectivity index (χ2v) is 8.22. The lowest BCUT2D eigenvalue weighted by molar-refractivity contribution is -0.0377. The quantitative estimate of drug-likeness (QED) is 0.872. The van der Waals surface area contributed by atoms with E-state index in [0.29, 0.717) is 0 Å². The minimum atomic E-state index is -0.214. The van der Waals surface area contributed by atoms with E-state index in [-0.39, 0.29) is 11.6 Å². The summed E-state index contributed by atoms with van der Waals surface area (Å²) in [6.07, 6.45) is 9.49. The van der Waals surface area contributed by atoms with E-state index in [4.69, 9.17) is 0 Å². The van der Waals surface area contributed by atoms with Crippen LogP contribution in [0.25, 0.3) is 0 Å². The topological polar surface area (TPSA) is 23.5 Å². The summed E-state index contributed by atoms with van der Waals surface area (Å²) in [6, 6.07) is 2.16. The van der Waals surface area contributed by atoms with Crippen LogP contribution in [0.1, 0.15) is 49.8 Å². The highest BCUT2D eigenvalue weighted by atomic mass is 79.9. The van der Waals surface area contributed by atoms with Crippen molar-refractivity contribution in [3.63, 3.8) is 0 Å². The Labute approximate surface area is 134 Å². The summed E-state index contributed by atoms with van der Waals surface area (Å²) in [6.45, 7) is 2.37. The number of likely N-dealkylation sites (tertiary alicyclic amines) is 1. The summed E-state index contributed by atoms with van der Waals surface area (Å²) < 4.78 is 1.14. The van der Waals surface area contributed by atoms with E-state index in [1.165, 1.54) is 62.9 Å². The Balaban J connectivity index is 1.75. The fraction of sp³-hybridized carbons (Fsp3) is 0.750. The van der Waals surface area contributed by atoms with E-state index in [2.05, 4.69) is 32.3 Å². The molecular formula is C16H24BrNOS. The molecule has 20 heavy (non-hydrogen) atoms. The van der Waals surface area contributed by atoms with Gasteiger partial charge in [-0.1, -0.05) is 19.3 Å². The lowest BCUT2D eigenvalue weighted by atomic mass is 9.84. The number of aliphatic hydroxyl groups excluding tert-OH is 1. The van der Waals surface area contributed by atoms with Gasteiger partial charge >= 0.3 is 0 Å². The van der Waals surface area contributed by atoms with Crippen LogP contribution in [0.5, 0.6) is 0 Å². The van der Waals surface area contributed by atoms with Crippen molar-refractivity contribution in [1.29, 1.82) is 0 Å². The maximum atomic E-state index is 11.0. The molecule has 0 amide bonds. The molecule has 0 radical (unpaired) electrons. The molecule has 1 saturated carbocycles. The van der Waals surface area contributed by atoms with Crippen molar-refractivity contribution in [2.75, 3.05) is 13.1 Å². The van der Waals surface area contributed by atoms with Crippen molar-refractivity contribution in [2.24, 2.45) is 0 Å². The molecule has 1 aliphatic heterocycles. The second-order valence-electron chi connectivity index (χ2n) is 6.31. The average Bonchev–Trinajstić information content (AvgIpc) is 3.10. The van der Waals surface area contributed by atoms with E-state index < -0.39 is 0 Å². The van der Waals surface area contributed by atoms with E-state index in [1.807, 2.05) is 0 Å². The number of halogens is 1. The molecule has 1 atom stereocenters. The first kappa shape index (κ1) is 15.0. The molecule has 1 unspecified atom stereocenters. The van der Waals surface area contributed by atoms with Crippen LogP contribution in [-0.2, 0) is 6.42 Å². The highest BCUT2D eigenvalue weighted by Gasteiger charge is 2.45. The summed E-state index contributed by atoms with van der Waals surface area (Å²) in [5.74, 6) is 0. The van der Waals surface area contributed by atoms with Crippen LogP contribution < -0.4 is 0 Å². The summed E-state index contributed by atoms with van der Waals surface area (Å²) in [5, 5.41) is 13.1. The SMILES string of the molecule is OC(Cc1cc(Br)cs1)C1(N2CCCCC2)CCCC1. The zero-order valence-electron chi connectivity index (χ0n) is 12.0. The van der Waals surface area contributed by atoms with Crippen molar-refractivity contribution in [3.05, 3.63) is 20.8 Å². The van der Waals surface area contributed by atoms with Crippen molar-refractivity contribution in [2.45, 2.75) is 63.0 Å². The van der Waals surface area contributed by atoms with Gasteiger partial charge in [-0.25, -0.2) is 0 Å². The zero-order valence-corrected chi connectivity index (χ0v) is 14.4. The standard InChI is InChI=1S/C16H24BrNOS/c17-13-10-14(20-12-13)11-15(19)16(6-2-3-7-16)18-8-4-1-5-9-18/h10,12,15,19H,1-9,11H2. The summed E-state index contributed by atoms with van der Waals surface area (Å²) in [5.41, 5.74) is 0.0664. The maximum Gasteiger partial charge on any atom is 0.0771 e. The molecule has 112 valence electrons. The van der Waals surface area contributed by atoms with Gasteiger partial charge in [0.15, 0.2) is 0 Å². The first-order valence-corrected chi connectivity index (χ1v) is 9.54. The van der Waals surface area contributed by atoms with E-state index in [0.717, 1.165) is 10.9 Å². The number of thiophene rings is 1. The second kappa shape index (κ2) is 6.47. The average molecular weight is 358 g/mol. The van der Waals surface area contributed by atoms with Crippen molar-refractivity contribution >= 4 is 27.3 Å². The molecule has 4 heteroatoms. The highest BCUT2D eigenvalue weighted by molar-refractivity contribution is 9.10. The monoisotopic (exact) mass is 357 g/mol. The van der Waals surface area contributed by atoms with Gasteiger partial charge in [0.05, 0.1) is 6.10 Å². The zero-order chi connectivity index (χ0) is 14.0. The van der Waals surface area contributed by atoms with Gasteiger partial charge in [-0.05, 0) is 60.8 Å². The van der Waals surface area contributed by atoms with Crippen LogP contribution in [0.4, 0.5) is 0 Å². The summed E-state index contributed by atoms with van der Waals surface area (Å²) in [4.78, 5) is 3.92.